The lowest BCUT2D eigenvalue weighted by Crippen LogP contribution is -2.31. The number of carbonyl (C=O) groups is 1. The first-order valence-corrected chi connectivity index (χ1v) is 11.0. The average Bonchev–Trinajstić information content (AvgIpc) is 3.27. The van der Waals surface area contributed by atoms with Gasteiger partial charge < -0.3 is 24.3 Å². The van der Waals surface area contributed by atoms with Crippen molar-refractivity contribution in [1.82, 2.24) is 24.8 Å². The van der Waals surface area contributed by atoms with Gasteiger partial charge in [-0.1, -0.05) is 12.1 Å². The van der Waals surface area contributed by atoms with Gasteiger partial charge >= 0.3 is 0 Å². The van der Waals surface area contributed by atoms with Crippen LogP contribution in [-0.2, 0) is 18.3 Å². The van der Waals surface area contributed by atoms with E-state index in [9.17, 15) is 9.59 Å². The van der Waals surface area contributed by atoms with Crippen LogP contribution in [-0.4, -0.2) is 39.6 Å². The number of amides is 1. The molecule has 0 unspecified atom stereocenters. The number of imidazole rings is 1. The Bertz CT molecular complexity index is 1340. The van der Waals surface area contributed by atoms with Gasteiger partial charge in [-0.15, -0.1) is 0 Å². The molecule has 0 aliphatic rings. The van der Waals surface area contributed by atoms with Crippen molar-refractivity contribution in [2.45, 2.75) is 25.3 Å². The number of aryl methyl sites for hydroxylation is 2. The Morgan fingerprint density at radius 1 is 1.15 bits per heavy atom. The van der Waals surface area contributed by atoms with E-state index in [0.29, 0.717) is 46.9 Å². The molecule has 0 aliphatic heterocycles. The van der Waals surface area contributed by atoms with Crippen LogP contribution in [0.2, 0.25) is 0 Å². The van der Waals surface area contributed by atoms with Gasteiger partial charge in [-0.3, -0.25) is 9.59 Å². The van der Waals surface area contributed by atoms with Crippen LogP contribution in [0.5, 0.6) is 11.5 Å². The van der Waals surface area contributed by atoms with Gasteiger partial charge in [0.1, 0.15) is 29.2 Å². The van der Waals surface area contributed by atoms with Crippen molar-refractivity contribution < 1.29 is 14.3 Å². The number of benzene rings is 2. The third kappa shape index (κ3) is 5.09. The molecule has 2 heterocycles. The van der Waals surface area contributed by atoms with E-state index in [1.807, 2.05) is 36.0 Å². The lowest BCUT2D eigenvalue weighted by atomic mass is 10.0. The molecule has 0 saturated carbocycles. The fourth-order valence-corrected chi connectivity index (χ4v) is 3.85. The number of para-hydroxylation sites is 1. The summed E-state index contributed by atoms with van der Waals surface area (Å²) in [5, 5.41) is 3.63. The van der Waals surface area contributed by atoms with Crippen molar-refractivity contribution in [3.05, 3.63) is 82.4 Å². The molecule has 0 radical (unpaired) electrons. The van der Waals surface area contributed by atoms with Crippen molar-refractivity contribution in [3.8, 4) is 11.5 Å². The monoisotopic (exact) mass is 461 g/mol. The average molecular weight is 462 g/mol. The summed E-state index contributed by atoms with van der Waals surface area (Å²) in [6, 6.07) is 12.2. The number of hydrogen-bond donors (Lipinski definition) is 2. The number of aromatic nitrogens is 4. The molecular formula is C25H27N5O4. The van der Waals surface area contributed by atoms with Crippen LogP contribution in [0.3, 0.4) is 0 Å². The molecule has 4 aromatic rings. The van der Waals surface area contributed by atoms with Crippen molar-refractivity contribution >= 4 is 16.8 Å². The Hall–Kier alpha value is -4.14. The van der Waals surface area contributed by atoms with Gasteiger partial charge in [0.2, 0.25) is 5.91 Å². The third-order valence-electron chi connectivity index (χ3n) is 5.61. The lowest BCUT2D eigenvalue weighted by molar-refractivity contribution is -0.121. The van der Waals surface area contributed by atoms with Crippen molar-refractivity contribution in [2.75, 3.05) is 14.2 Å². The van der Waals surface area contributed by atoms with E-state index in [2.05, 4.69) is 20.3 Å². The number of H-pyrrole nitrogens is 1. The Labute approximate surface area is 196 Å². The Morgan fingerprint density at radius 3 is 2.56 bits per heavy atom. The molecule has 1 amide bonds. The van der Waals surface area contributed by atoms with Crippen LogP contribution >= 0.6 is 0 Å². The summed E-state index contributed by atoms with van der Waals surface area (Å²) >= 11 is 0. The fourth-order valence-electron chi connectivity index (χ4n) is 3.85. The predicted molar refractivity (Wildman–Crippen MR) is 128 cm³/mol. The first-order chi connectivity index (χ1) is 16.5. The lowest BCUT2D eigenvalue weighted by Gasteiger charge is -2.20. The zero-order valence-corrected chi connectivity index (χ0v) is 19.4. The summed E-state index contributed by atoms with van der Waals surface area (Å²) in [4.78, 5) is 36.9. The number of nitrogens with one attached hydrogen (secondary N) is 2. The molecule has 0 bridgehead atoms. The summed E-state index contributed by atoms with van der Waals surface area (Å²) in [6.45, 7) is 0. The van der Waals surface area contributed by atoms with Gasteiger partial charge in [0.05, 0.1) is 25.1 Å². The number of fused-ring (bicyclic) bond motifs is 1. The minimum Gasteiger partial charge on any atom is -0.497 e. The molecule has 9 nitrogen and oxygen atoms in total. The molecular weight excluding hydrogens is 434 g/mol. The van der Waals surface area contributed by atoms with Crippen molar-refractivity contribution in [1.29, 1.82) is 0 Å². The number of nitrogens with zero attached hydrogens (tertiary/aromatic N) is 3. The van der Waals surface area contributed by atoms with Crippen molar-refractivity contribution in [3.63, 3.8) is 0 Å². The molecule has 2 aromatic heterocycles. The van der Waals surface area contributed by atoms with Crippen molar-refractivity contribution in [2.24, 2.45) is 7.05 Å². The number of methoxy groups -OCH3 is 2. The Balaban J connectivity index is 1.49. The minimum atomic E-state index is -0.491. The smallest absolute Gasteiger partial charge is 0.258 e. The van der Waals surface area contributed by atoms with Gasteiger partial charge in [0.25, 0.3) is 5.56 Å². The van der Waals surface area contributed by atoms with Gasteiger partial charge in [0.15, 0.2) is 0 Å². The number of rotatable bonds is 9. The number of aromatic amines is 1. The molecule has 0 saturated heterocycles. The number of ether oxygens (including phenoxy) is 2. The zero-order valence-electron chi connectivity index (χ0n) is 19.4. The van der Waals surface area contributed by atoms with Crippen LogP contribution in [0.1, 0.15) is 36.1 Å². The first-order valence-electron chi connectivity index (χ1n) is 11.0. The molecule has 176 valence electrons. The Kier molecular flexibility index (Phi) is 6.91. The van der Waals surface area contributed by atoms with Gasteiger partial charge in [-0.05, 0) is 36.2 Å². The largest absolute Gasteiger partial charge is 0.497 e. The zero-order chi connectivity index (χ0) is 24.1. The van der Waals surface area contributed by atoms with E-state index < -0.39 is 6.04 Å². The summed E-state index contributed by atoms with van der Waals surface area (Å²) in [7, 11) is 5.04. The highest BCUT2D eigenvalue weighted by molar-refractivity contribution is 5.77. The van der Waals surface area contributed by atoms with Crippen LogP contribution < -0.4 is 20.3 Å². The molecule has 0 aliphatic carbocycles. The summed E-state index contributed by atoms with van der Waals surface area (Å²) in [5.74, 6) is 2.35. The molecule has 9 heteroatoms. The van der Waals surface area contributed by atoms with E-state index in [4.69, 9.17) is 9.47 Å². The standard InChI is InChI=1S/C25H27N5O4/c1-30-12-11-26-24(30)23(16-13-17(33-2)15-18(14-16)34-3)29-22(31)10-6-9-21-27-20-8-5-4-7-19(20)25(32)28-21/h4-5,7-8,11-15,23H,6,9-10H2,1-3H3,(H,29,31)(H,27,28,32)/t23-/m0/s1. The molecule has 0 spiro atoms. The van der Waals surface area contributed by atoms with Crippen LogP contribution in [0.15, 0.2) is 59.7 Å². The third-order valence-corrected chi connectivity index (χ3v) is 5.61. The van der Waals surface area contributed by atoms with E-state index in [1.54, 1.807) is 44.7 Å². The van der Waals surface area contributed by atoms with E-state index in [1.165, 1.54) is 0 Å². The summed E-state index contributed by atoms with van der Waals surface area (Å²) in [6.07, 6.45) is 4.79. The topological polar surface area (TPSA) is 111 Å². The molecule has 1 atom stereocenters. The normalized spacial score (nSPS) is 11.9. The van der Waals surface area contributed by atoms with E-state index in [0.717, 1.165) is 5.56 Å². The van der Waals surface area contributed by atoms with Crippen LogP contribution in [0, 0.1) is 0 Å². The van der Waals surface area contributed by atoms with Crippen LogP contribution in [0.25, 0.3) is 10.9 Å². The second-order valence-electron chi connectivity index (χ2n) is 7.93. The minimum absolute atomic E-state index is 0.141. The molecule has 2 aromatic carbocycles. The molecule has 34 heavy (non-hydrogen) atoms. The highest BCUT2D eigenvalue weighted by Gasteiger charge is 2.22. The van der Waals surface area contributed by atoms with Crippen LogP contribution in [0.4, 0.5) is 0 Å². The Morgan fingerprint density at radius 2 is 1.88 bits per heavy atom. The molecule has 4 rings (SSSR count). The SMILES string of the molecule is COc1cc(OC)cc([C@H](NC(=O)CCCc2nc3ccccc3c(=O)[nH]2)c2nccn2C)c1. The first kappa shape index (κ1) is 23.0. The van der Waals surface area contributed by atoms with E-state index in [-0.39, 0.29) is 17.9 Å². The second-order valence-corrected chi connectivity index (χ2v) is 7.93. The molecule has 2 N–H and O–H groups in total. The maximum absolute atomic E-state index is 12.9. The highest BCUT2D eigenvalue weighted by Crippen LogP contribution is 2.29. The van der Waals surface area contributed by atoms with Gasteiger partial charge in [-0.25, -0.2) is 9.97 Å². The maximum atomic E-state index is 12.9. The molecule has 0 fully saturated rings. The predicted octanol–water partition coefficient (Wildman–Crippen LogP) is 2.90. The fraction of sp³-hybridized carbons (Fsp3) is 0.280. The summed E-state index contributed by atoms with van der Waals surface area (Å²) in [5.41, 5.74) is 1.26. The second kappa shape index (κ2) is 10.2. The maximum Gasteiger partial charge on any atom is 0.258 e. The number of hydrogen-bond acceptors (Lipinski definition) is 6. The van der Waals surface area contributed by atoms with Gasteiger partial charge in [0, 0.05) is 38.3 Å². The summed E-state index contributed by atoms with van der Waals surface area (Å²) < 4.78 is 12.7. The quantitative estimate of drug-likeness (QED) is 0.397. The van der Waals surface area contributed by atoms with Gasteiger partial charge in [-0.2, -0.15) is 0 Å². The highest BCUT2D eigenvalue weighted by atomic mass is 16.5. The van der Waals surface area contributed by atoms with E-state index >= 15 is 0 Å². The number of carbonyl (C=O) groups excluding carboxylic acids is 1.